The third-order valence-corrected chi connectivity index (χ3v) is 1.88. The molecule has 9 heavy (non-hydrogen) atoms. The van der Waals surface area contributed by atoms with E-state index in [9.17, 15) is 0 Å². The van der Waals surface area contributed by atoms with Gasteiger partial charge in [-0.2, -0.15) is 0 Å². The van der Waals surface area contributed by atoms with Crippen LogP contribution in [0.4, 0.5) is 0 Å². The van der Waals surface area contributed by atoms with E-state index in [-0.39, 0.29) is 0 Å². The van der Waals surface area contributed by atoms with E-state index in [4.69, 9.17) is 0 Å². The van der Waals surface area contributed by atoms with Crippen molar-refractivity contribution in [1.82, 2.24) is 0 Å². The molecule has 0 bridgehead atoms. The van der Waals surface area contributed by atoms with Crippen molar-refractivity contribution in [2.24, 2.45) is 11.8 Å². The maximum Gasteiger partial charge on any atom is -0.0191 e. The Bertz CT molecular complexity index is 120. The topological polar surface area (TPSA) is 0 Å². The lowest BCUT2D eigenvalue weighted by Gasteiger charge is -2.24. The average Bonchev–Trinajstić information content (AvgIpc) is 1.60. The summed E-state index contributed by atoms with van der Waals surface area (Å²) in [6.45, 7) is 6.81. The van der Waals surface area contributed by atoms with E-state index in [1.54, 1.807) is 5.57 Å². The van der Waals surface area contributed by atoms with Crippen LogP contribution in [0.15, 0.2) is 11.6 Å². The molecule has 0 saturated carbocycles. The Labute approximate surface area is 58.0 Å². The van der Waals surface area contributed by atoms with E-state index >= 15 is 0 Å². The molecule has 0 fully saturated rings. The first kappa shape index (κ1) is 6.85. The SMILES string of the molecule is CC1=C[C@@H](CC(C)C)C1. The van der Waals surface area contributed by atoms with Crippen molar-refractivity contribution in [3.05, 3.63) is 11.6 Å². The van der Waals surface area contributed by atoms with Crippen LogP contribution in [0.2, 0.25) is 0 Å². The highest BCUT2D eigenvalue weighted by molar-refractivity contribution is 5.13. The molecule has 0 heterocycles. The van der Waals surface area contributed by atoms with Crippen LogP contribution < -0.4 is 0 Å². The highest BCUT2D eigenvalue weighted by Crippen LogP contribution is 2.30. The Kier molecular flexibility index (Phi) is 1.94. The average molecular weight is 124 g/mol. The summed E-state index contributed by atoms with van der Waals surface area (Å²) in [4.78, 5) is 0. The summed E-state index contributed by atoms with van der Waals surface area (Å²) in [6, 6.07) is 0. The normalized spacial score (nSPS) is 25.8. The first-order valence-corrected chi connectivity index (χ1v) is 3.86. The van der Waals surface area contributed by atoms with Crippen molar-refractivity contribution >= 4 is 0 Å². The molecule has 0 saturated heterocycles. The fourth-order valence-corrected chi connectivity index (χ4v) is 1.54. The molecule has 0 amide bonds. The summed E-state index contributed by atoms with van der Waals surface area (Å²) in [5, 5.41) is 0. The molecule has 0 nitrogen and oxygen atoms in total. The first-order chi connectivity index (χ1) is 4.18. The second kappa shape index (κ2) is 2.55. The highest BCUT2D eigenvalue weighted by atomic mass is 14.2. The van der Waals surface area contributed by atoms with Crippen LogP contribution in [-0.2, 0) is 0 Å². The van der Waals surface area contributed by atoms with Gasteiger partial charge in [-0.05, 0) is 31.6 Å². The number of hydrogen-bond donors (Lipinski definition) is 0. The number of allylic oxidation sites excluding steroid dienone is 2. The van der Waals surface area contributed by atoms with Crippen LogP contribution in [0.1, 0.15) is 33.6 Å². The van der Waals surface area contributed by atoms with Gasteiger partial charge in [0.2, 0.25) is 0 Å². The van der Waals surface area contributed by atoms with Crippen LogP contribution in [0, 0.1) is 11.8 Å². The van der Waals surface area contributed by atoms with Gasteiger partial charge >= 0.3 is 0 Å². The van der Waals surface area contributed by atoms with Crippen LogP contribution in [0.25, 0.3) is 0 Å². The zero-order valence-corrected chi connectivity index (χ0v) is 6.65. The zero-order valence-electron chi connectivity index (χ0n) is 6.65. The van der Waals surface area contributed by atoms with Crippen LogP contribution in [0.3, 0.4) is 0 Å². The third-order valence-electron chi connectivity index (χ3n) is 1.88. The smallest absolute Gasteiger partial charge is 0.0191 e. The van der Waals surface area contributed by atoms with Crippen molar-refractivity contribution < 1.29 is 0 Å². The lowest BCUT2D eigenvalue weighted by Crippen LogP contribution is -2.10. The second-order valence-corrected chi connectivity index (χ2v) is 3.61. The molecule has 0 aromatic heterocycles. The van der Waals surface area contributed by atoms with E-state index in [2.05, 4.69) is 26.8 Å². The van der Waals surface area contributed by atoms with Gasteiger partial charge in [0, 0.05) is 0 Å². The largest absolute Gasteiger partial charge is 0.0821 e. The van der Waals surface area contributed by atoms with Gasteiger partial charge < -0.3 is 0 Å². The van der Waals surface area contributed by atoms with Gasteiger partial charge in [-0.25, -0.2) is 0 Å². The molecule has 0 aromatic carbocycles. The highest BCUT2D eigenvalue weighted by Gasteiger charge is 2.15. The van der Waals surface area contributed by atoms with Gasteiger partial charge in [0.25, 0.3) is 0 Å². The predicted molar refractivity (Wildman–Crippen MR) is 41.3 cm³/mol. The lowest BCUT2D eigenvalue weighted by atomic mass is 9.82. The van der Waals surface area contributed by atoms with Crippen LogP contribution in [0.5, 0.6) is 0 Å². The lowest BCUT2D eigenvalue weighted by molar-refractivity contribution is 0.441. The molecule has 1 rings (SSSR count). The van der Waals surface area contributed by atoms with E-state index in [1.807, 2.05) is 0 Å². The van der Waals surface area contributed by atoms with E-state index < -0.39 is 0 Å². The number of hydrogen-bond acceptors (Lipinski definition) is 0. The summed E-state index contributed by atoms with van der Waals surface area (Å²) in [5.74, 6) is 1.80. The Morgan fingerprint density at radius 1 is 1.67 bits per heavy atom. The third kappa shape index (κ3) is 1.85. The molecule has 1 aliphatic rings. The summed E-state index contributed by atoms with van der Waals surface area (Å²) in [6.07, 6.45) is 5.15. The van der Waals surface area contributed by atoms with Crippen molar-refractivity contribution in [1.29, 1.82) is 0 Å². The molecule has 0 heteroatoms. The summed E-state index contributed by atoms with van der Waals surface area (Å²) < 4.78 is 0. The minimum absolute atomic E-state index is 0.874. The fourth-order valence-electron chi connectivity index (χ4n) is 1.54. The Morgan fingerprint density at radius 2 is 2.22 bits per heavy atom. The van der Waals surface area contributed by atoms with Crippen molar-refractivity contribution in [3.63, 3.8) is 0 Å². The molecule has 0 aromatic rings. The quantitative estimate of drug-likeness (QED) is 0.496. The van der Waals surface area contributed by atoms with Gasteiger partial charge in [-0.1, -0.05) is 25.5 Å². The molecule has 0 unspecified atom stereocenters. The first-order valence-electron chi connectivity index (χ1n) is 3.86. The molecule has 0 radical (unpaired) electrons. The predicted octanol–water partition coefficient (Wildman–Crippen LogP) is 3.00. The molecule has 0 aliphatic heterocycles. The Balaban J connectivity index is 2.19. The van der Waals surface area contributed by atoms with Gasteiger partial charge in [0.1, 0.15) is 0 Å². The Hall–Kier alpha value is -0.260. The Morgan fingerprint density at radius 3 is 2.56 bits per heavy atom. The van der Waals surface area contributed by atoms with Gasteiger partial charge in [0.05, 0.1) is 0 Å². The maximum absolute atomic E-state index is 2.40. The molecule has 1 atom stereocenters. The van der Waals surface area contributed by atoms with Gasteiger partial charge in [0.15, 0.2) is 0 Å². The van der Waals surface area contributed by atoms with Crippen LogP contribution in [-0.4, -0.2) is 0 Å². The molecular formula is C9H16. The molecular weight excluding hydrogens is 108 g/mol. The van der Waals surface area contributed by atoms with Crippen LogP contribution >= 0.6 is 0 Å². The maximum atomic E-state index is 2.40. The van der Waals surface area contributed by atoms with E-state index in [1.165, 1.54) is 12.8 Å². The van der Waals surface area contributed by atoms with Crippen molar-refractivity contribution in [2.45, 2.75) is 33.6 Å². The fraction of sp³-hybridized carbons (Fsp3) is 0.778. The zero-order chi connectivity index (χ0) is 6.85. The van der Waals surface area contributed by atoms with E-state index in [0.29, 0.717) is 0 Å². The summed E-state index contributed by atoms with van der Waals surface area (Å²) >= 11 is 0. The summed E-state index contributed by atoms with van der Waals surface area (Å²) in [5.41, 5.74) is 1.58. The summed E-state index contributed by atoms with van der Waals surface area (Å²) in [7, 11) is 0. The number of rotatable bonds is 2. The molecule has 1 aliphatic carbocycles. The molecule has 0 spiro atoms. The molecule has 52 valence electrons. The van der Waals surface area contributed by atoms with Gasteiger partial charge in [-0.3, -0.25) is 0 Å². The van der Waals surface area contributed by atoms with Crippen molar-refractivity contribution in [3.8, 4) is 0 Å². The monoisotopic (exact) mass is 124 g/mol. The van der Waals surface area contributed by atoms with Gasteiger partial charge in [-0.15, -0.1) is 0 Å². The standard InChI is InChI=1S/C9H16/c1-7(2)4-9-5-8(3)6-9/h5,7,9H,4,6H2,1-3H3/t9-/m1/s1. The minimum Gasteiger partial charge on any atom is -0.0821 e. The van der Waals surface area contributed by atoms with Crippen molar-refractivity contribution in [2.75, 3.05) is 0 Å². The second-order valence-electron chi connectivity index (χ2n) is 3.61. The molecule has 0 N–H and O–H groups in total. The van der Waals surface area contributed by atoms with E-state index in [0.717, 1.165) is 11.8 Å². The minimum atomic E-state index is 0.874.